The molecular formula is C29H25ClN6O6. The van der Waals surface area contributed by atoms with E-state index in [9.17, 15) is 9.59 Å². The highest BCUT2D eigenvalue weighted by molar-refractivity contribution is 6.30. The maximum Gasteiger partial charge on any atom is 0.339 e. The Morgan fingerprint density at radius 1 is 0.857 bits per heavy atom. The van der Waals surface area contributed by atoms with Gasteiger partial charge in [0, 0.05) is 17.3 Å². The van der Waals surface area contributed by atoms with Crippen LogP contribution in [0.3, 0.4) is 0 Å². The van der Waals surface area contributed by atoms with Crippen LogP contribution in [0.1, 0.15) is 5.56 Å². The fourth-order valence-corrected chi connectivity index (χ4v) is 4.18. The molecule has 0 aliphatic carbocycles. The molecule has 0 saturated heterocycles. The van der Waals surface area contributed by atoms with Gasteiger partial charge in [0.25, 0.3) is 0 Å². The summed E-state index contributed by atoms with van der Waals surface area (Å²) in [6.45, 7) is 0.422. The molecule has 2 aromatic heterocycles. The standard InChI is InChI=1S/C29H25ClN6O6/c1-39-22-11-10-17(14-24(22)40-2)12-13-31-26-33-27(34-28(38)32-19-7-5-6-18(30)15-19)36-29(35-26)42-23-16-25(37)41-21-9-4-3-8-20(21)23/h3-11,14-16H,12-13H2,1-2H3,(H3,31,32,33,34,35,36,38). The van der Waals surface area contributed by atoms with Crippen LogP contribution in [-0.2, 0) is 6.42 Å². The average Bonchev–Trinajstić information content (AvgIpc) is 2.97. The molecule has 0 aliphatic rings. The van der Waals surface area contributed by atoms with Crippen LogP contribution in [0.25, 0.3) is 11.0 Å². The van der Waals surface area contributed by atoms with Crippen molar-refractivity contribution in [1.29, 1.82) is 0 Å². The number of nitrogens with one attached hydrogen (secondary N) is 3. The minimum absolute atomic E-state index is 0.0968. The maximum absolute atomic E-state index is 12.7. The molecule has 0 saturated carbocycles. The van der Waals surface area contributed by atoms with Gasteiger partial charge in [-0.25, -0.2) is 9.59 Å². The first-order valence-corrected chi connectivity index (χ1v) is 13.0. The third kappa shape index (κ3) is 7.04. The number of rotatable bonds is 10. The summed E-state index contributed by atoms with van der Waals surface area (Å²) in [4.78, 5) is 37.7. The number of aromatic nitrogens is 3. The van der Waals surface area contributed by atoms with Crippen molar-refractivity contribution in [2.45, 2.75) is 6.42 Å². The van der Waals surface area contributed by atoms with Gasteiger partial charge < -0.3 is 29.3 Å². The van der Waals surface area contributed by atoms with Gasteiger partial charge >= 0.3 is 17.7 Å². The van der Waals surface area contributed by atoms with Gasteiger partial charge in [-0.2, -0.15) is 15.0 Å². The van der Waals surface area contributed by atoms with Gasteiger partial charge in [-0.1, -0.05) is 35.9 Å². The number of methoxy groups -OCH3 is 2. The number of para-hydroxylation sites is 1. The lowest BCUT2D eigenvalue weighted by Crippen LogP contribution is -2.22. The first-order valence-electron chi connectivity index (χ1n) is 12.7. The molecule has 12 nitrogen and oxygen atoms in total. The Morgan fingerprint density at radius 2 is 1.67 bits per heavy atom. The lowest BCUT2D eigenvalue weighted by molar-refractivity contribution is 0.262. The van der Waals surface area contributed by atoms with E-state index < -0.39 is 11.7 Å². The highest BCUT2D eigenvalue weighted by Crippen LogP contribution is 2.29. The topological polar surface area (TPSA) is 150 Å². The lowest BCUT2D eigenvalue weighted by atomic mass is 10.1. The number of nitrogens with zero attached hydrogens (tertiary/aromatic N) is 3. The van der Waals surface area contributed by atoms with Crippen LogP contribution in [0.15, 0.2) is 82.0 Å². The number of halogens is 1. The summed E-state index contributed by atoms with van der Waals surface area (Å²) >= 11 is 6.01. The molecule has 2 heterocycles. The van der Waals surface area contributed by atoms with Crippen molar-refractivity contribution < 1.29 is 23.4 Å². The van der Waals surface area contributed by atoms with E-state index in [1.165, 1.54) is 6.07 Å². The number of hydrogen-bond donors (Lipinski definition) is 3. The summed E-state index contributed by atoms with van der Waals surface area (Å²) in [5.41, 5.74) is 1.18. The lowest BCUT2D eigenvalue weighted by Gasteiger charge is -2.12. The molecule has 5 rings (SSSR count). The highest BCUT2D eigenvalue weighted by atomic mass is 35.5. The number of hydrogen-bond acceptors (Lipinski definition) is 10. The first kappa shape index (κ1) is 28.2. The summed E-state index contributed by atoms with van der Waals surface area (Å²) in [5.74, 6) is 1.45. The predicted octanol–water partition coefficient (Wildman–Crippen LogP) is 5.74. The molecule has 0 spiro atoms. The average molecular weight is 589 g/mol. The van der Waals surface area contributed by atoms with E-state index in [0.717, 1.165) is 5.56 Å². The van der Waals surface area contributed by atoms with E-state index in [0.29, 0.717) is 46.1 Å². The van der Waals surface area contributed by atoms with Gasteiger partial charge in [0.2, 0.25) is 11.9 Å². The minimum Gasteiger partial charge on any atom is -0.493 e. The van der Waals surface area contributed by atoms with Crippen molar-refractivity contribution in [2.24, 2.45) is 0 Å². The van der Waals surface area contributed by atoms with E-state index >= 15 is 0 Å². The van der Waals surface area contributed by atoms with Crippen molar-refractivity contribution >= 4 is 46.2 Å². The molecule has 5 aromatic rings. The Kier molecular flexibility index (Phi) is 8.64. The number of fused-ring (bicyclic) bond motifs is 1. The van der Waals surface area contributed by atoms with Gasteiger partial charge in [-0.05, 0) is 54.4 Å². The molecule has 0 unspecified atom stereocenters. The molecule has 0 atom stereocenters. The second-order valence-corrected chi connectivity index (χ2v) is 9.19. The minimum atomic E-state index is -0.614. The van der Waals surface area contributed by atoms with Crippen molar-refractivity contribution in [2.75, 3.05) is 36.7 Å². The smallest absolute Gasteiger partial charge is 0.339 e. The first-order chi connectivity index (χ1) is 20.4. The van der Waals surface area contributed by atoms with E-state index in [1.807, 2.05) is 18.2 Å². The van der Waals surface area contributed by atoms with Crippen LogP contribution in [-0.4, -0.2) is 41.7 Å². The maximum atomic E-state index is 12.7. The van der Waals surface area contributed by atoms with Crippen molar-refractivity contribution in [1.82, 2.24) is 15.0 Å². The number of anilines is 3. The summed E-state index contributed by atoms with van der Waals surface area (Å²) in [6, 6.07) is 19.6. The number of carbonyl (C=O) groups is 1. The number of amides is 2. The van der Waals surface area contributed by atoms with Crippen LogP contribution in [0, 0.1) is 0 Å². The zero-order valence-corrected chi connectivity index (χ0v) is 23.3. The van der Waals surface area contributed by atoms with Gasteiger partial charge in [0.15, 0.2) is 11.5 Å². The van der Waals surface area contributed by atoms with E-state index in [1.54, 1.807) is 62.8 Å². The summed E-state index contributed by atoms with van der Waals surface area (Å²) in [7, 11) is 3.15. The van der Waals surface area contributed by atoms with Crippen LogP contribution < -0.4 is 35.8 Å². The Bertz CT molecular complexity index is 1800. The Hall–Kier alpha value is -5.36. The number of carbonyl (C=O) groups excluding carboxylic acids is 1. The van der Waals surface area contributed by atoms with Gasteiger partial charge in [-0.3, -0.25) is 5.32 Å². The molecule has 13 heteroatoms. The van der Waals surface area contributed by atoms with Crippen LogP contribution in [0.4, 0.5) is 22.4 Å². The normalized spacial score (nSPS) is 10.6. The Labute approximate surface area is 244 Å². The molecule has 0 radical (unpaired) electrons. The van der Waals surface area contributed by atoms with Crippen molar-refractivity contribution in [3.05, 3.63) is 93.8 Å². The molecule has 42 heavy (non-hydrogen) atoms. The summed E-state index contributed by atoms with van der Waals surface area (Å²) < 4.78 is 21.8. The Balaban J connectivity index is 1.38. The van der Waals surface area contributed by atoms with Gasteiger partial charge in [0.05, 0.1) is 25.7 Å². The zero-order valence-electron chi connectivity index (χ0n) is 22.5. The molecule has 3 N–H and O–H groups in total. The summed E-state index contributed by atoms with van der Waals surface area (Å²) in [5, 5.41) is 9.36. The van der Waals surface area contributed by atoms with E-state index in [2.05, 4.69) is 30.9 Å². The molecule has 214 valence electrons. The number of ether oxygens (including phenoxy) is 3. The van der Waals surface area contributed by atoms with Gasteiger partial charge in [-0.15, -0.1) is 0 Å². The van der Waals surface area contributed by atoms with E-state index in [-0.39, 0.29) is 23.7 Å². The Morgan fingerprint density at radius 3 is 2.48 bits per heavy atom. The molecule has 0 bridgehead atoms. The summed E-state index contributed by atoms with van der Waals surface area (Å²) in [6.07, 6.45) is 0.588. The quantitative estimate of drug-likeness (QED) is 0.172. The molecule has 0 fully saturated rings. The van der Waals surface area contributed by atoms with Gasteiger partial charge in [0.1, 0.15) is 11.3 Å². The molecule has 0 aliphatic heterocycles. The highest BCUT2D eigenvalue weighted by Gasteiger charge is 2.15. The van der Waals surface area contributed by atoms with Crippen LogP contribution in [0.2, 0.25) is 5.02 Å². The fourth-order valence-electron chi connectivity index (χ4n) is 3.99. The SMILES string of the molecule is COc1ccc(CCNc2nc(NC(=O)Nc3cccc(Cl)c3)nc(Oc3cc(=O)oc4ccccc34)n2)cc1OC. The van der Waals surface area contributed by atoms with Crippen LogP contribution >= 0.6 is 11.6 Å². The monoisotopic (exact) mass is 588 g/mol. The van der Waals surface area contributed by atoms with Crippen LogP contribution in [0.5, 0.6) is 23.3 Å². The third-order valence-corrected chi connectivity index (χ3v) is 6.12. The molecule has 2 amide bonds. The number of urea groups is 1. The molecule has 3 aromatic carbocycles. The van der Waals surface area contributed by atoms with Crippen molar-refractivity contribution in [3.8, 4) is 23.3 Å². The predicted molar refractivity (Wildman–Crippen MR) is 158 cm³/mol. The fraction of sp³-hybridized carbons (Fsp3) is 0.138. The van der Waals surface area contributed by atoms with E-state index in [4.69, 9.17) is 30.2 Å². The zero-order chi connectivity index (χ0) is 29.5. The molecular weight excluding hydrogens is 564 g/mol. The largest absolute Gasteiger partial charge is 0.493 e. The second-order valence-electron chi connectivity index (χ2n) is 8.75. The second kappa shape index (κ2) is 12.9. The third-order valence-electron chi connectivity index (χ3n) is 5.88. The van der Waals surface area contributed by atoms with Crippen molar-refractivity contribution in [3.63, 3.8) is 0 Å². The number of benzene rings is 3.